The van der Waals surface area contributed by atoms with Gasteiger partial charge in [-0.15, -0.1) is 0 Å². The smallest absolute Gasteiger partial charge is 0.251 e. The molecule has 1 aliphatic rings. The van der Waals surface area contributed by atoms with Crippen LogP contribution in [0.15, 0.2) is 12.1 Å². The van der Waals surface area contributed by atoms with Crippen molar-refractivity contribution in [1.29, 1.82) is 0 Å². The van der Waals surface area contributed by atoms with Gasteiger partial charge in [0, 0.05) is 30.5 Å². The zero-order valence-electron chi connectivity index (χ0n) is 11.5. The maximum atomic E-state index is 12.2. The van der Waals surface area contributed by atoms with Gasteiger partial charge >= 0.3 is 0 Å². The average molecular weight is 263 g/mol. The summed E-state index contributed by atoms with van der Waals surface area (Å²) in [5, 5.41) is 3.04. The molecule has 5 nitrogen and oxygen atoms in total. The van der Waals surface area contributed by atoms with Crippen molar-refractivity contribution in [2.45, 2.75) is 32.7 Å². The highest BCUT2D eigenvalue weighted by Gasteiger charge is 2.22. The van der Waals surface area contributed by atoms with E-state index in [-0.39, 0.29) is 11.9 Å². The molecule has 1 atom stereocenters. The second kappa shape index (κ2) is 6.02. The van der Waals surface area contributed by atoms with Crippen molar-refractivity contribution < 1.29 is 9.53 Å². The first kappa shape index (κ1) is 13.8. The summed E-state index contributed by atoms with van der Waals surface area (Å²) < 4.78 is 5.33. The third kappa shape index (κ3) is 3.67. The van der Waals surface area contributed by atoms with Gasteiger partial charge in [-0.2, -0.15) is 0 Å². The number of anilines is 1. The number of pyridine rings is 1. The van der Waals surface area contributed by atoms with E-state index in [0.29, 0.717) is 17.3 Å². The maximum Gasteiger partial charge on any atom is 0.251 e. The van der Waals surface area contributed by atoms with Gasteiger partial charge in [-0.05, 0) is 44.7 Å². The highest BCUT2D eigenvalue weighted by molar-refractivity contribution is 5.95. The van der Waals surface area contributed by atoms with Gasteiger partial charge in [0.05, 0.1) is 0 Å². The number of nitrogens with one attached hydrogen (secondary N) is 1. The topological polar surface area (TPSA) is 77.2 Å². The molecular weight excluding hydrogens is 242 g/mol. The first-order valence-electron chi connectivity index (χ1n) is 6.69. The molecule has 2 rings (SSSR count). The normalized spacial score (nSPS) is 18.0. The first-order valence-corrected chi connectivity index (χ1v) is 6.69. The lowest BCUT2D eigenvalue weighted by molar-refractivity contribution is 0.0538. The second-order valence-corrected chi connectivity index (χ2v) is 5.13. The van der Waals surface area contributed by atoms with Crippen molar-refractivity contribution in [3.63, 3.8) is 0 Å². The van der Waals surface area contributed by atoms with Crippen molar-refractivity contribution in [3.8, 4) is 0 Å². The summed E-state index contributed by atoms with van der Waals surface area (Å²) in [5.74, 6) is 0.776. The molecule has 5 heteroatoms. The molecule has 0 radical (unpaired) electrons. The molecule has 0 aromatic carbocycles. The van der Waals surface area contributed by atoms with Crippen LogP contribution >= 0.6 is 0 Å². The van der Waals surface area contributed by atoms with E-state index in [1.807, 2.05) is 13.8 Å². The molecule has 0 bridgehead atoms. The molecule has 1 unspecified atom stereocenters. The quantitative estimate of drug-likeness (QED) is 0.866. The van der Waals surface area contributed by atoms with Crippen LogP contribution < -0.4 is 11.1 Å². The summed E-state index contributed by atoms with van der Waals surface area (Å²) in [4.78, 5) is 16.2. The number of nitrogens with zero attached hydrogens (tertiary/aromatic N) is 1. The third-order valence-corrected chi connectivity index (χ3v) is 3.57. The Labute approximate surface area is 113 Å². The fourth-order valence-corrected chi connectivity index (χ4v) is 2.45. The Balaban J connectivity index is 1.99. The van der Waals surface area contributed by atoms with E-state index in [1.54, 1.807) is 12.1 Å². The van der Waals surface area contributed by atoms with Crippen molar-refractivity contribution in [1.82, 2.24) is 10.3 Å². The number of nitrogen functional groups attached to an aromatic ring is 1. The maximum absolute atomic E-state index is 12.2. The van der Waals surface area contributed by atoms with E-state index >= 15 is 0 Å². The van der Waals surface area contributed by atoms with Crippen LogP contribution in [-0.4, -0.2) is 30.1 Å². The van der Waals surface area contributed by atoms with Gasteiger partial charge in [0.25, 0.3) is 5.91 Å². The monoisotopic (exact) mass is 263 g/mol. The van der Waals surface area contributed by atoms with E-state index < -0.39 is 0 Å². The highest BCUT2D eigenvalue weighted by atomic mass is 16.5. The lowest BCUT2D eigenvalue weighted by Gasteiger charge is -2.28. The van der Waals surface area contributed by atoms with E-state index in [0.717, 1.165) is 31.7 Å². The van der Waals surface area contributed by atoms with Crippen molar-refractivity contribution in [3.05, 3.63) is 23.4 Å². The Morgan fingerprint density at radius 1 is 1.47 bits per heavy atom. The number of carbonyl (C=O) groups excluding carboxylic acids is 1. The molecule has 0 saturated carbocycles. The summed E-state index contributed by atoms with van der Waals surface area (Å²) in [5.41, 5.74) is 6.99. The van der Waals surface area contributed by atoms with E-state index in [2.05, 4.69) is 10.3 Å². The second-order valence-electron chi connectivity index (χ2n) is 5.13. The summed E-state index contributed by atoms with van der Waals surface area (Å²) in [6.45, 7) is 5.44. The minimum Gasteiger partial charge on any atom is -0.384 e. The third-order valence-electron chi connectivity index (χ3n) is 3.57. The zero-order valence-corrected chi connectivity index (χ0v) is 11.5. The lowest BCUT2D eigenvalue weighted by Crippen LogP contribution is -2.40. The number of aryl methyl sites for hydroxylation is 1. The van der Waals surface area contributed by atoms with Gasteiger partial charge in [0.2, 0.25) is 0 Å². The number of nitrogens with two attached hydrogens (primary N) is 1. The minimum atomic E-state index is -0.0869. The van der Waals surface area contributed by atoms with Crippen LogP contribution in [-0.2, 0) is 4.74 Å². The molecule has 1 fully saturated rings. The molecule has 2 heterocycles. The molecule has 0 spiro atoms. The molecule has 1 aliphatic heterocycles. The Morgan fingerprint density at radius 2 is 2.16 bits per heavy atom. The average Bonchev–Trinajstić information content (AvgIpc) is 2.38. The molecule has 19 heavy (non-hydrogen) atoms. The predicted octanol–water partition coefficient (Wildman–Crippen LogP) is 1.52. The fourth-order valence-electron chi connectivity index (χ4n) is 2.45. The zero-order chi connectivity index (χ0) is 13.8. The van der Waals surface area contributed by atoms with Gasteiger partial charge in [-0.3, -0.25) is 4.79 Å². The van der Waals surface area contributed by atoms with Crippen LogP contribution in [0.25, 0.3) is 0 Å². The first-order chi connectivity index (χ1) is 9.06. The highest BCUT2D eigenvalue weighted by Crippen LogP contribution is 2.19. The number of rotatable bonds is 3. The molecule has 0 aliphatic carbocycles. The van der Waals surface area contributed by atoms with Gasteiger partial charge in [-0.25, -0.2) is 4.98 Å². The summed E-state index contributed by atoms with van der Waals surface area (Å²) >= 11 is 0. The van der Waals surface area contributed by atoms with Gasteiger partial charge in [0.15, 0.2) is 0 Å². The van der Waals surface area contributed by atoms with E-state index in [4.69, 9.17) is 10.5 Å². The van der Waals surface area contributed by atoms with Crippen molar-refractivity contribution in [2.75, 3.05) is 18.9 Å². The minimum absolute atomic E-state index is 0.0869. The van der Waals surface area contributed by atoms with E-state index in [9.17, 15) is 4.79 Å². The molecule has 1 saturated heterocycles. The number of ether oxygens (including phenoxy) is 1. The molecule has 3 N–H and O–H groups in total. The van der Waals surface area contributed by atoms with Crippen LogP contribution in [0.4, 0.5) is 5.82 Å². The molecule has 1 aromatic heterocycles. The molecule has 1 aromatic rings. The fraction of sp³-hybridized carbons (Fsp3) is 0.571. The predicted molar refractivity (Wildman–Crippen MR) is 73.9 cm³/mol. The van der Waals surface area contributed by atoms with Crippen molar-refractivity contribution >= 4 is 11.7 Å². The summed E-state index contributed by atoms with van der Waals surface area (Å²) in [6, 6.07) is 3.51. The van der Waals surface area contributed by atoms with Crippen LogP contribution in [0.2, 0.25) is 0 Å². The van der Waals surface area contributed by atoms with Gasteiger partial charge < -0.3 is 15.8 Å². The van der Waals surface area contributed by atoms with Crippen LogP contribution in [0.3, 0.4) is 0 Å². The molecule has 1 amide bonds. The van der Waals surface area contributed by atoms with Gasteiger partial charge in [-0.1, -0.05) is 0 Å². The number of hydrogen-bond donors (Lipinski definition) is 2. The lowest BCUT2D eigenvalue weighted by atomic mass is 9.93. The summed E-state index contributed by atoms with van der Waals surface area (Å²) in [7, 11) is 0. The Bertz CT molecular complexity index is 436. The Kier molecular flexibility index (Phi) is 4.37. The number of hydrogen-bond acceptors (Lipinski definition) is 4. The summed E-state index contributed by atoms with van der Waals surface area (Å²) in [6.07, 6.45) is 2.00. The Hall–Kier alpha value is -1.62. The van der Waals surface area contributed by atoms with E-state index in [1.165, 1.54) is 0 Å². The Morgan fingerprint density at radius 3 is 2.79 bits per heavy atom. The van der Waals surface area contributed by atoms with Crippen LogP contribution in [0, 0.1) is 12.8 Å². The number of amides is 1. The van der Waals surface area contributed by atoms with Gasteiger partial charge in [0.1, 0.15) is 5.82 Å². The number of aromatic nitrogens is 1. The van der Waals surface area contributed by atoms with Crippen LogP contribution in [0.5, 0.6) is 0 Å². The van der Waals surface area contributed by atoms with Crippen molar-refractivity contribution in [2.24, 2.45) is 5.92 Å². The molecular formula is C14H21N3O2. The van der Waals surface area contributed by atoms with Crippen LogP contribution in [0.1, 0.15) is 35.8 Å². The SMILES string of the molecule is Cc1cc(C(=O)NC(C)C2CCOCC2)cc(N)n1. The number of carbonyl (C=O) groups is 1. The largest absolute Gasteiger partial charge is 0.384 e. The molecule has 104 valence electrons. The standard InChI is InChI=1S/C14H21N3O2/c1-9-7-12(8-13(15)16-9)14(18)17-10(2)11-3-5-19-6-4-11/h7-8,10-11H,3-6H2,1-2H3,(H2,15,16)(H,17,18).